The van der Waals surface area contributed by atoms with Gasteiger partial charge in [0.15, 0.2) is 11.6 Å². The molecule has 5 aromatic carbocycles. The molecular weight excluding hydrogens is 440 g/mol. The molecule has 0 N–H and O–H groups in total. The second-order valence-corrected chi connectivity index (χ2v) is 8.80. The summed E-state index contributed by atoms with van der Waals surface area (Å²) in [6.45, 7) is 0. The Hall–Kier alpha value is -4.56. The quantitative estimate of drug-likeness (QED) is 0.136. The Morgan fingerprint density at radius 2 is 0.639 bits per heavy atom. The van der Waals surface area contributed by atoms with E-state index < -0.39 is 11.3 Å². The molecule has 0 heterocycles. The molecule has 2 nitrogen and oxygen atoms in total. The van der Waals surface area contributed by atoms with Crippen LogP contribution in [0.1, 0.15) is 37.4 Å². The Balaban J connectivity index is 1.90. The zero-order valence-electron chi connectivity index (χ0n) is 19.8. The minimum Gasteiger partial charge on any atom is -0.293 e. The molecule has 0 aliphatic heterocycles. The van der Waals surface area contributed by atoms with E-state index in [4.69, 9.17) is 0 Å². The first-order valence-electron chi connectivity index (χ1n) is 12.1. The van der Waals surface area contributed by atoms with Crippen molar-refractivity contribution < 1.29 is 9.59 Å². The van der Waals surface area contributed by atoms with Crippen molar-refractivity contribution in [3.63, 3.8) is 0 Å². The Bertz CT molecular complexity index is 1280. The van der Waals surface area contributed by atoms with Gasteiger partial charge in [-0.3, -0.25) is 9.59 Å². The van der Waals surface area contributed by atoms with Crippen LogP contribution in [0.25, 0.3) is 0 Å². The summed E-state index contributed by atoms with van der Waals surface area (Å²) in [5.41, 5.74) is 2.64. The molecule has 174 valence electrons. The number of ketones is 2. The normalized spacial score (nSPS) is 11.2. The molecule has 0 bridgehead atoms. The van der Waals surface area contributed by atoms with E-state index in [-0.39, 0.29) is 11.6 Å². The molecule has 0 amide bonds. The van der Waals surface area contributed by atoms with Crippen molar-refractivity contribution in [1.29, 1.82) is 0 Å². The lowest BCUT2D eigenvalue weighted by Gasteiger charge is -2.41. The van der Waals surface area contributed by atoms with Crippen molar-refractivity contribution in [3.8, 4) is 0 Å². The molecule has 0 aromatic heterocycles. The van der Waals surface area contributed by atoms with E-state index in [1.165, 1.54) is 0 Å². The Morgan fingerprint density at radius 1 is 0.389 bits per heavy atom. The number of hydrogen-bond donors (Lipinski definition) is 0. The van der Waals surface area contributed by atoms with Gasteiger partial charge in [-0.05, 0) is 16.7 Å². The van der Waals surface area contributed by atoms with E-state index in [1.807, 2.05) is 127 Å². The molecule has 0 spiro atoms. The smallest absolute Gasteiger partial charge is 0.175 e. The number of hydrogen-bond acceptors (Lipinski definition) is 2. The number of carbonyl (C=O) groups excluding carboxylic acids is 2. The van der Waals surface area contributed by atoms with Crippen molar-refractivity contribution in [1.82, 2.24) is 0 Å². The van der Waals surface area contributed by atoms with Crippen LogP contribution in [0.4, 0.5) is 0 Å². The maximum Gasteiger partial charge on any atom is 0.175 e. The number of carbonyl (C=O) groups is 2. The fourth-order valence-electron chi connectivity index (χ4n) is 5.15. The van der Waals surface area contributed by atoms with Gasteiger partial charge < -0.3 is 0 Å². The molecular formula is C34H26O2. The van der Waals surface area contributed by atoms with Gasteiger partial charge in [-0.25, -0.2) is 0 Å². The highest BCUT2D eigenvalue weighted by Gasteiger charge is 2.51. The molecule has 0 radical (unpaired) electrons. The van der Waals surface area contributed by atoms with Gasteiger partial charge in [0, 0.05) is 11.1 Å². The molecule has 0 fully saturated rings. The fraction of sp³-hybridized carbons (Fsp3) is 0.0588. The van der Waals surface area contributed by atoms with Gasteiger partial charge in [-0.2, -0.15) is 0 Å². The first-order chi connectivity index (χ1) is 17.7. The monoisotopic (exact) mass is 466 g/mol. The van der Waals surface area contributed by atoms with Crippen molar-refractivity contribution in [3.05, 3.63) is 179 Å². The summed E-state index contributed by atoms with van der Waals surface area (Å²) in [4.78, 5) is 29.0. The van der Waals surface area contributed by atoms with Crippen LogP contribution in [0.3, 0.4) is 0 Å². The van der Waals surface area contributed by atoms with Gasteiger partial charge in [0.2, 0.25) is 0 Å². The van der Waals surface area contributed by atoms with E-state index in [0.717, 1.165) is 16.7 Å². The van der Waals surface area contributed by atoms with E-state index in [2.05, 4.69) is 0 Å². The van der Waals surface area contributed by atoms with Crippen molar-refractivity contribution in [2.75, 3.05) is 0 Å². The SMILES string of the molecule is O=C(c1ccccc1)C(C(=O)c1ccccc1)C(c1ccccc1)(c1ccccc1)c1ccccc1. The van der Waals surface area contributed by atoms with Crippen LogP contribution in [-0.4, -0.2) is 11.6 Å². The van der Waals surface area contributed by atoms with Gasteiger partial charge in [0.25, 0.3) is 0 Å². The average molecular weight is 467 g/mol. The molecule has 0 aliphatic carbocycles. The standard InChI is InChI=1S/C34H26O2/c35-32(26-16-6-1-7-17-26)31(33(36)27-18-8-2-9-19-27)34(28-20-10-3-11-21-28,29-22-12-4-13-23-29)30-24-14-5-15-25-30/h1-25,31H. The third-order valence-electron chi connectivity index (χ3n) is 6.76. The lowest BCUT2D eigenvalue weighted by molar-refractivity contribution is 0.0762. The van der Waals surface area contributed by atoms with Crippen LogP contribution in [0.2, 0.25) is 0 Å². The summed E-state index contributed by atoms with van der Waals surface area (Å²) >= 11 is 0. The summed E-state index contributed by atoms with van der Waals surface area (Å²) < 4.78 is 0. The van der Waals surface area contributed by atoms with Crippen LogP contribution in [0, 0.1) is 5.92 Å². The lowest BCUT2D eigenvalue weighted by Crippen LogP contribution is -2.46. The third-order valence-corrected chi connectivity index (χ3v) is 6.76. The molecule has 2 heteroatoms. The van der Waals surface area contributed by atoms with Gasteiger partial charge in [-0.1, -0.05) is 152 Å². The highest BCUT2D eigenvalue weighted by Crippen LogP contribution is 2.47. The summed E-state index contributed by atoms with van der Waals surface area (Å²) in [5, 5.41) is 0. The molecule has 5 rings (SSSR count). The molecule has 0 saturated heterocycles. The first-order valence-corrected chi connectivity index (χ1v) is 12.1. The van der Waals surface area contributed by atoms with Gasteiger partial charge in [-0.15, -0.1) is 0 Å². The molecule has 36 heavy (non-hydrogen) atoms. The molecule has 0 atom stereocenters. The van der Waals surface area contributed by atoms with Gasteiger partial charge in [0.1, 0.15) is 5.92 Å². The zero-order valence-corrected chi connectivity index (χ0v) is 19.8. The molecule has 0 aliphatic rings. The van der Waals surface area contributed by atoms with Crippen molar-refractivity contribution in [2.24, 2.45) is 5.92 Å². The van der Waals surface area contributed by atoms with Crippen LogP contribution in [-0.2, 0) is 5.41 Å². The minimum absolute atomic E-state index is 0.207. The van der Waals surface area contributed by atoms with Crippen molar-refractivity contribution in [2.45, 2.75) is 5.41 Å². The van der Waals surface area contributed by atoms with Crippen LogP contribution in [0.15, 0.2) is 152 Å². The predicted molar refractivity (Wildman–Crippen MR) is 144 cm³/mol. The lowest BCUT2D eigenvalue weighted by atomic mass is 9.58. The number of rotatable bonds is 8. The number of Topliss-reactive ketones (excluding diaryl/α,β-unsaturated/α-hetero) is 2. The first kappa shape index (κ1) is 23.2. The summed E-state index contributed by atoms with van der Waals surface area (Å²) in [7, 11) is 0. The Morgan fingerprint density at radius 3 is 0.917 bits per heavy atom. The third kappa shape index (κ3) is 4.18. The topological polar surface area (TPSA) is 34.1 Å². The zero-order chi connectivity index (χ0) is 24.8. The maximum absolute atomic E-state index is 14.5. The maximum atomic E-state index is 14.5. The predicted octanol–water partition coefficient (Wildman–Crippen LogP) is 7.40. The van der Waals surface area contributed by atoms with Crippen molar-refractivity contribution >= 4 is 11.6 Å². The van der Waals surface area contributed by atoms with Gasteiger partial charge >= 0.3 is 0 Å². The Kier molecular flexibility index (Phi) is 6.68. The van der Waals surface area contributed by atoms with E-state index >= 15 is 0 Å². The average Bonchev–Trinajstić information content (AvgIpc) is 2.97. The summed E-state index contributed by atoms with van der Waals surface area (Å²) in [6.07, 6.45) is 0. The molecule has 5 aromatic rings. The van der Waals surface area contributed by atoms with Gasteiger partial charge in [0.05, 0.1) is 5.41 Å². The highest BCUT2D eigenvalue weighted by molar-refractivity contribution is 6.18. The van der Waals surface area contributed by atoms with Crippen LogP contribution < -0.4 is 0 Å². The summed E-state index contributed by atoms with van der Waals surface area (Å²) in [5.74, 6) is -1.45. The molecule has 0 saturated carbocycles. The second-order valence-electron chi connectivity index (χ2n) is 8.80. The van der Waals surface area contributed by atoms with E-state index in [9.17, 15) is 9.59 Å². The fourth-order valence-corrected chi connectivity index (χ4v) is 5.15. The second kappa shape index (κ2) is 10.4. The summed E-state index contributed by atoms with van der Waals surface area (Å²) in [6, 6.07) is 48.0. The van der Waals surface area contributed by atoms with E-state index in [0.29, 0.717) is 11.1 Å². The largest absolute Gasteiger partial charge is 0.293 e. The molecule has 0 unspecified atom stereocenters. The van der Waals surface area contributed by atoms with Crippen LogP contribution in [0.5, 0.6) is 0 Å². The Labute approximate surface area is 211 Å². The number of benzene rings is 5. The highest BCUT2D eigenvalue weighted by atomic mass is 16.2. The minimum atomic E-state index is -1.05. The van der Waals surface area contributed by atoms with E-state index in [1.54, 1.807) is 24.3 Å². The van der Waals surface area contributed by atoms with Crippen LogP contribution >= 0.6 is 0 Å².